The molecule has 0 fully saturated rings. The normalized spacial score (nSPS) is 10.6. The number of nitrogens with one attached hydrogen (secondary N) is 2. The Balaban J connectivity index is 1.78. The highest BCUT2D eigenvalue weighted by molar-refractivity contribution is 7.98. The molecule has 0 aliphatic carbocycles. The van der Waals surface area contributed by atoms with Crippen LogP contribution in [0.4, 0.5) is 5.69 Å². The van der Waals surface area contributed by atoms with Crippen LogP contribution in [0.5, 0.6) is 0 Å². The van der Waals surface area contributed by atoms with Crippen LogP contribution in [0.1, 0.15) is 27.0 Å². The van der Waals surface area contributed by atoms with Crippen LogP contribution in [-0.2, 0) is 5.75 Å². The Morgan fingerprint density at radius 1 is 1.17 bits per heavy atom. The van der Waals surface area contributed by atoms with Crippen LogP contribution in [0.2, 0.25) is 0 Å². The lowest BCUT2D eigenvalue weighted by Crippen LogP contribution is -2.15. The van der Waals surface area contributed by atoms with Gasteiger partial charge in [0.2, 0.25) is 0 Å². The summed E-state index contributed by atoms with van der Waals surface area (Å²) in [7, 11) is 0. The highest BCUT2D eigenvalue weighted by Crippen LogP contribution is 2.23. The molecule has 3 rings (SSSR count). The van der Waals surface area contributed by atoms with Gasteiger partial charge in [0.05, 0.1) is 0 Å². The van der Waals surface area contributed by atoms with Crippen molar-refractivity contribution in [3.63, 3.8) is 0 Å². The van der Waals surface area contributed by atoms with Gasteiger partial charge in [0.1, 0.15) is 6.33 Å². The number of aromatic amines is 1. The lowest BCUT2D eigenvalue weighted by molar-refractivity contribution is 0.102. The molecule has 1 heterocycles. The van der Waals surface area contributed by atoms with Crippen LogP contribution in [-0.4, -0.2) is 21.1 Å². The van der Waals surface area contributed by atoms with Gasteiger partial charge in [-0.2, -0.15) is 5.10 Å². The van der Waals surface area contributed by atoms with E-state index in [1.54, 1.807) is 0 Å². The Kier molecular flexibility index (Phi) is 4.96. The predicted octanol–water partition coefficient (Wildman–Crippen LogP) is 3.97. The average Bonchev–Trinajstić information content (AvgIpc) is 3.11. The molecule has 0 unspecified atom stereocenters. The van der Waals surface area contributed by atoms with Gasteiger partial charge in [0.25, 0.3) is 5.91 Å². The standard InChI is InChI=1S/C18H18N4OS/c1-12-6-5-9-16(13(12)2)21-17(23)15-8-4-3-7-14(15)10-24-18-19-11-20-22-18/h3-9,11H,10H2,1-2H3,(H,21,23)(H,19,20,22). The Morgan fingerprint density at radius 2 is 2.00 bits per heavy atom. The summed E-state index contributed by atoms with van der Waals surface area (Å²) in [5.74, 6) is 0.545. The van der Waals surface area contributed by atoms with Gasteiger partial charge in [0.15, 0.2) is 5.16 Å². The number of aryl methyl sites for hydroxylation is 1. The molecular weight excluding hydrogens is 320 g/mol. The SMILES string of the molecule is Cc1cccc(NC(=O)c2ccccc2CSc2ncn[nH]2)c1C. The first kappa shape index (κ1) is 16.3. The van der Waals surface area contributed by atoms with E-state index < -0.39 is 0 Å². The summed E-state index contributed by atoms with van der Waals surface area (Å²) in [6.07, 6.45) is 1.47. The van der Waals surface area contributed by atoms with Gasteiger partial charge in [-0.3, -0.25) is 9.89 Å². The third kappa shape index (κ3) is 3.65. The predicted molar refractivity (Wildman–Crippen MR) is 96.3 cm³/mol. The van der Waals surface area contributed by atoms with Gasteiger partial charge in [-0.25, -0.2) is 4.98 Å². The second-order valence-electron chi connectivity index (χ2n) is 5.44. The first-order chi connectivity index (χ1) is 11.6. The van der Waals surface area contributed by atoms with E-state index in [1.165, 1.54) is 18.1 Å². The maximum absolute atomic E-state index is 12.7. The quantitative estimate of drug-likeness (QED) is 0.691. The lowest BCUT2D eigenvalue weighted by Gasteiger charge is -2.12. The third-order valence-electron chi connectivity index (χ3n) is 3.87. The van der Waals surface area contributed by atoms with Crippen molar-refractivity contribution >= 4 is 23.4 Å². The molecule has 0 aliphatic rings. The summed E-state index contributed by atoms with van der Waals surface area (Å²) < 4.78 is 0. The molecule has 0 aliphatic heterocycles. The van der Waals surface area contributed by atoms with Crippen LogP contribution in [0.15, 0.2) is 53.9 Å². The first-order valence-electron chi connectivity index (χ1n) is 7.59. The zero-order valence-corrected chi connectivity index (χ0v) is 14.4. The van der Waals surface area contributed by atoms with Gasteiger partial charge >= 0.3 is 0 Å². The van der Waals surface area contributed by atoms with Crippen molar-refractivity contribution in [3.8, 4) is 0 Å². The molecule has 3 aromatic rings. The molecule has 0 saturated heterocycles. The molecule has 5 nitrogen and oxygen atoms in total. The fourth-order valence-electron chi connectivity index (χ4n) is 2.35. The molecule has 2 N–H and O–H groups in total. The number of thioether (sulfide) groups is 1. The van der Waals surface area contributed by atoms with Crippen molar-refractivity contribution in [3.05, 3.63) is 71.0 Å². The summed E-state index contributed by atoms with van der Waals surface area (Å²) in [6, 6.07) is 13.5. The van der Waals surface area contributed by atoms with Gasteiger partial charge in [-0.1, -0.05) is 42.1 Å². The monoisotopic (exact) mass is 338 g/mol. The summed E-state index contributed by atoms with van der Waals surface area (Å²) in [5, 5.41) is 10.4. The number of aromatic nitrogens is 3. The number of amides is 1. The van der Waals surface area contributed by atoms with Crippen molar-refractivity contribution in [2.24, 2.45) is 0 Å². The minimum absolute atomic E-state index is 0.0996. The number of H-pyrrole nitrogens is 1. The van der Waals surface area contributed by atoms with E-state index in [0.29, 0.717) is 11.3 Å². The van der Waals surface area contributed by atoms with Crippen LogP contribution < -0.4 is 5.32 Å². The number of nitrogens with zero attached hydrogens (tertiary/aromatic N) is 2. The van der Waals surface area contributed by atoms with E-state index >= 15 is 0 Å². The fraction of sp³-hybridized carbons (Fsp3) is 0.167. The maximum atomic E-state index is 12.7. The molecule has 1 amide bonds. The van der Waals surface area contributed by atoms with Crippen molar-refractivity contribution in [2.45, 2.75) is 24.8 Å². The second kappa shape index (κ2) is 7.31. The number of carbonyl (C=O) groups is 1. The molecule has 24 heavy (non-hydrogen) atoms. The minimum Gasteiger partial charge on any atom is -0.322 e. The largest absolute Gasteiger partial charge is 0.322 e. The van der Waals surface area contributed by atoms with Crippen molar-refractivity contribution in [1.29, 1.82) is 0 Å². The number of anilines is 1. The van der Waals surface area contributed by atoms with Crippen LogP contribution in [0.25, 0.3) is 0 Å². The highest BCUT2D eigenvalue weighted by Gasteiger charge is 2.13. The van der Waals surface area contributed by atoms with Crippen LogP contribution in [0, 0.1) is 13.8 Å². The number of hydrogen-bond donors (Lipinski definition) is 2. The topological polar surface area (TPSA) is 70.7 Å². The Hall–Kier alpha value is -2.60. The zero-order valence-electron chi connectivity index (χ0n) is 13.5. The Bertz CT molecular complexity index is 846. The van der Waals surface area contributed by atoms with E-state index in [-0.39, 0.29) is 5.91 Å². The number of rotatable bonds is 5. The van der Waals surface area contributed by atoms with Crippen molar-refractivity contribution < 1.29 is 4.79 Å². The van der Waals surface area contributed by atoms with Crippen LogP contribution >= 0.6 is 11.8 Å². The number of benzene rings is 2. The number of carbonyl (C=O) groups excluding carboxylic acids is 1. The van der Waals surface area contributed by atoms with Crippen molar-refractivity contribution in [1.82, 2.24) is 15.2 Å². The summed E-state index contributed by atoms with van der Waals surface area (Å²) in [5.41, 5.74) is 4.71. The first-order valence-corrected chi connectivity index (χ1v) is 8.57. The van der Waals surface area contributed by atoms with Gasteiger partial charge in [-0.05, 0) is 42.7 Å². The minimum atomic E-state index is -0.0996. The Labute approximate surface area is 144 Å². The number of hydrogen-bond acceptors (Lipinski definition) is 4. The molecule has 1 aromatic heterocycles. The van der Waals surface area contributed by atoms with E-state index in [4.69, 9.17) is 0 Å². The molecule has 2 aromatic carbocycles. The van der Waals surface area contributed by atoms with E-state index in [0.717, 1.165) is 27.5 Å². The summed E-state index contributed by atoms with van der Waals surface area (Å²) in [6.45, 7) is 4.05. The fourth-order valence-corrected chi connectivity index (χ4v) is 3.14. The molecular formula is C18H18N4OS. The average molecular weight is 338 g/mol. The molecule has 122 valence electrons. The van der Waals surface area contributed by atoms with Gasteiger partial charge < -0.3 is 5.32 Å². The highest BCUT2D eigenvalue weighted by atomic mass is 32.2. The van der Waals surface area contributed by atoms with E-state index in [2.05, 4.69) is 20.5 Å². The zero-order chi connectivity index (χ0) is 16.9. The van der Waals surface area contributed by atoms with Crippen molar-refractivity contribution in [2.75, 3.05) is 5.32 Å². The van der Waals surface area contributed by atoms with Crippen LogP contribution in [0.3, 0.4) is 0 Å². The molecule has 0 bridgehead atoms. The molecule has 0 saturated carbocycles. The summed E-state index contributed by atoms with van der Waals surface area (Å²) >= 11 is 1.51. The lowest BCUT2D eigenvalue weighted by atomic mass is 10.1. The van der Waals surface area contributed by atoms with E-state index in [1.807, 2.05) is 56.3 Å². The molecule has 6 heteroatoms. The Morgan fingerprint density at radius 3 is 2.79 bits per heavy atom. The molecule has 0 spiro atoms. The molecule has 0 radical (unpaired) electrons. The van der Waals surface area contributed by atoms with Gasteiger partial charge in [0, 0.05) is 17.0 Å². The smallest absolute Gasteiger partial charge is 0.255 e. The summed E-state index contributed by atoms with van der Waals surface area (Å²) in [4.78, 5) is 16.8. The second-order valence-corrected chi connectivity index (χ2v) is 6.40. The van der Waals surface area contributed by atoms with E-state index in [9.17, 15) is 4.79 Å². The molecule has 0 atom stereocenters. The van der Waals surface area contributed by atoms with Gasteiger partial charge in [-0.15, -0.1) is 0 Å². The third-order valence-corrected chi connectivity index (χ3v) is 4.80. The maximum Gasteiger partial charge on any atom is 0.255 e.